The van der Waals surface area contributed by atoms with Gasteiger partial charge in [0.05, 0.1) is 11.4 Å². The number of thioether (sulfide) groups is 1. The van der Waals surface area contributed by atoms with E-state index in [0.717, 1.165) is 10.8 Å². The standard InChI is InChI=1S/C11H16N2OS2/c1-7(2)15-6-10(14)13-11-12-9(5-16-11)8-3-4-8/h5,7-8H,3-4,6H2,1-2H3,(H,12,13,14). The molecule has 0 unspecified atom stereocenters. The first-order chi connectivity index (χ1) is 7.65. The number of anilines is 1. The maximum absolute atomic E-state index is 11.5. The Balaban J connectivity index is 1.80. The maximum Gasteiger partial charge on any atom is 0.236 e. The number of nitrogens with one attached hydrogen (secondary N) is 1. The van der Waals surface area contributed by atoms with Crippen LogP contribution in [-0.4, -0.2) is 21.9 Å². The molecule has 0 atom stereocenters. The van der Waals surface area contributed by atoms with Crippen molar-refractivity contribution in [2.24, 2.45) is 0 Å². The number of amides is 1. The number of hydrogen-bond donors (Lipinski definition) is 1. The van der Waals surface area contributed by atoms with Crippen molar-refractivity contribution in [1.82, 2.24) is 4.98 Å². The predicted molar refractivity (Wildman–Crippen MR) is 70.3 cm³/mol. The zero-order valence-corrected chi connectivity index (χ0v) is 11.2. The van der Waals surface area contributed by atoms with E-state index in [4.69, 9.17) is 0 Å². The zero-order valence-electron chi connectivity index (χ0n) is 9.53. The fraction of sp³-hybridized carbons (Fsp3) is 0.636. The van der Waals surface area contributed by atoms with E-state index in [0.29, 0.717) is 16.9 Å². The SMILES string of the molecule is CC(C)SCC(=O)Nc1nc(C2CC2)cs1. The molecule has 16 heavy (non-hydrogen) atoms. The van der Waals surface area contributed by atoms with Crippen LogP contribution in [0.15, 0.2) is 5.38 Å². The van der Waals surface area contributed by atoms with Crippen molar-refractivity contribution in [2.45, 2.75) is 37.9 Å². The second-order valence-electron chi connectivity index (χ2n) is 4.26. The third kappa shape index (κ3) is 3.49. The van der Waals surface area contributed by atoms with Crippen LogP contribution in [0.3, 0.4) is 0 Å². The second-order valence-corrected chi connectivity index (χ2v) is 6.68. The van der Waals surface area contributed by atoms with Crippen LogP contribution in [0.4, 0.5) is 5.13 Å². The van der Waals surface area contributed by atoms with E-state index < -0.39 is 0 Å². The molecule has 1 aromatic heterocycles. The molecular formula is C11H16N2OS2. The Labute approximate surface area is 104 Å². The van der Waals surface area contributed by atoms with Crippen molar-refractivity contribution >= 4 is 34.1 Å². The van der Waals surface area contributed by atoms with Crippen molar-refractivity contribution in [3.63, 3.8) is 0 Å². The number of thiazole rings is 1. The molecule has 0 bridgehead atoms. The van der Waals surface area contributed by atoms with Crippen LogP contribution in [0.1, 0.15) is 38.3 Å². The molecule has 1 fully saturated rings. The molecule has 3 nitrogen and oxygen atoms in total. The van der Waals surface area contributed by atoms with Crippen molar-refractivity contribution in [3.05, 3.63) is 11.1 Å². The van der Waals surface area contributed by atoms with E-state index in [-0.39, 0.29) is 5.91 Å². The van der Waals surface area contributed by atoms with Crippen LogP contribution in [0.2, 0.25) is 0 Å². The van der Waals surface area contributed by atoms with Gasteiger partial charge in [-0.2, -0.15) is 0 Å². The Morgan fingerprint density at radius 2 is 2.44 bits per heavy atom. The highest BCUT2D eigenvalue weighted by Gasteiger charge is 2.26. The minimum Gasteiger partial charge on any atom is -0.301 e. The molecule has 0 spiro atoms. The summed E-state index contributed by atoms with van der Waals surface area (Å²) in [6.45, 7) is 4.18. The van der Waals surface area contributed by atoms with Gasteiger partial charge in [0.2, 0.25) is 5.91 Å². The lowest BCUT2D eigenvalue weighted by molar-refractivity contribution is -0.113. The lowest BCUT2D eigenvalue weighted by Crippen LogP contribution is -2.15. The summed E-state index contributed by atoms with van der Waals surface area (Å²) in [6.07, 6.45) is 2.50. The number of carbonyl (C=O) groups excluding carboxylic acids is 1. The van der Waals surface area contributed by atoms with Gasteiger partial charge in [-0.05, 0) is 18.1 Å². The first-order valence-corrected chi connectivity index (χ1v) is 7.45. The molecule has 0 aromatic carbocycles. The summed E-state index contributed by atoms with van der Waals surface area (Å²) in [5, 5.41) is 6.14. The Bertz CT molecular complexity index is 372. The summed E-state index contributed by atoms with van der Waals surface area (Å²) < 4.78 is 0. The predicted octanol–water partition coefficient (Wildman–Crippen LogP) is 3.10. The molecule has 88 valence electrons. The number of aromatic nitrogens is 1. The summed E-state index contributed by atoms with van der Waals surface area (Å²) in [5.41, 5.74) is 1.15. The van der Waals surface area contributed by atoms with Gasteiger partial charge in [-0.15, -0.1) is 23.1 Å². The van der Waals surface area contributed by atoms with Crippen molar-refractivity contribution in [3.8, 4) is 0 Å². The zero-order chi connectivity index (χ0) is 11.5. The molecule has 1 heterocycles. The number of hydrogen-bond acceptors (Lipinski definition) is 4. The van der Waals surface area contributed by atoms with Crippen LogP contribution in [-0.2, 0) is 4.79 Å². The van der Waals surface area contributed by atoms with Crippen LogP contribution >= 0.6 is 23.1 Å². The maximum atomic E-state index is 11.5. The Morgan fingerprint density at radius 3 is 3.06 bits per heavy atom. The van der Waals surface area contributed by atoms with Crippen LogP contribution in [0, 0.1) is 0 Å². The monoisotopic (exact) mass is 256 g/mol. The van der Waals surface area contributed by atoms with E-state index in [1.165, 1.54) is 24.2 Å². The number of carbonyl (C=O) groups is 1. The van der Waals surface area contributed by atoms with Crippen molar-refractivity contribution in [2.75, 3.05) is 11.1 Å². The quantitative estimate of drug-likeness (QED) is 0.880. The van der Waals surface area contributed by atoms with E-state index in [9.17, 15) is 4.79 Å². The topological polar surface area (TPSA) is 42.0 Å². The molecule has 0 saturated heterocycles. The first-order valence-electron chi connectivity index (χ1n) is 5.52. The summed E-state index contributed by atoms with van der Waals surface area (Å²) >= 11 is 3.18. The average molecular weight is 256 g/mol. The first kappa shape index (κ1) is 11.9. The number of nitrogens with zero attached hydrogens (tertiary/aromatic N) is 1. The smallest absolute Gasteiger partial charge is 0.236 e. The van der Waals surface area contributed by atoms with E-state index in [2.05, 4.69) is 29.5 Å². The number of rotatable bonds is 5. The van der Waals surface area contributed by atoms with Crippen LogP contribution in [0.5, 0.6) is 0 Å². The molecular weight excluding hydrogens is 240 g/mol. The van der Waals surface area contributed by atoms with Gasteiger partial charge >= 0.3 is 0 Å². The van der Waals surface area contributed by atoms with Gasteiger partial charge in [-0.1, -0.05) is 13.8 Å². The van der Waals surface area contributed by atoms with Gasteiger partial charge in [-0.25, -0.2) is 4.98 Å². The van der Waals surface area contributed by atoms with Crippen LogP contribution < -0.4 is 5.32 Å². The molecule has 1 saturated carbocycles. The molecule has 1 N–H and O–H groups in total. The molecule has 1 aromatic rings. The van der Waals surface area contributed by atoms with Gasteiger partial charge in [0, 0.05) is 11.3 Å². The summed E-state index contributed by atoms with van der Waals surface area (Å²) in [4.78, 5) is 16.0. The highest BCUT2D eigenvalue weighted by Crippen LogP contribution is 2.40. The molecule has 2 rings (SSSR count). The third-order valence-electron chi connectivity index (χ3n) is 2.31. The molecule has 1 aliphatic carbocycles. The Morgan fingerprint density at radius 1 is 1.69 bits per heavy atom. The summed E-state index contributed by atoms with van der Waals surface area (Å²) in [7, 11) is 0. The van der Waals surface area contributed by atoms with Crippen LogP contribution in [0.25, 0.3) is 0 Å². The average Bonchev–Trinajstić information content (AvgIpc) is 2.98. The minimum atomic E-state index is 0.0513. The molecule has 0 radical (unpaired) electrons. The van der Waals surface area contributed by atoms with Crippen molar-refractivity contribution < 1.29 is 4.79 Å². The highest BCUT2D eigenvalue weighted by molar-refractivity contribution is 8.00. The Kier molecular flexibility index (Phi) is 3.86. The lowest BCUT2D eigenvalue weighted by Gasteiger charge is -2.03. The molecule has 0 aliphatic heterocycles. The second kappa shape index (κ2) is 5.19. The summed E-state index contributed by atoms with van der Waals surface area (Å²) in [5.74, 6) is 1.22. The normalized spacial score (nSPS) is 15.4. The third-order valence-corrected chi connectivity index (χ3v) is 4.18. The minimum absolute atomic E-state index is 0.0513. The van der Waals surface area contributed by atoms with Crippen molar-refractivity contribution in [1.29, 1.82) is 0 Å². The van der Waals surface area contributed by atoms with Gasteiger partial charge in [0.1, 0.15) is 0 Å². The van der Waals surface area contributed by atoms with E-state index >= 15 is 0 Å². The Hall–Kier alpha value is -0.550. The largest absolute Gasteiger partial charge is 0.301 e. The van der Waals surface area contributed by atoms with E-state index in [1.807, 2.05) is 0 Å². The van der Waals surface area contributed by atoms with Gasteiger partial charge < -0.3 is 5.32 Å². The summed E-state index contributed by atoms with van der Waals surface area (Å²) in [6, 6.07) is 0. The molecule has 1 amide bonds. The van der Waals surface area contributed by atoms with Gasteiger partial charge in [-0.3, -0.25) is 4.79 Å². The van der Waals surface area contributed by atoms with Gasteiger partial charge in [0.15, 0.2) is 5.13 Å². The molecule has 1 aliphatic rings. The molecule has 5 heteroatoms. The van der Waals surface area contributed by atoms with Gasteiger partial charge in [0.25, 0.3) is 0 Å². The fourth-order valence-electron chi connectivity index (χ4n) is 1.31. The highest BCUT2D eigenvalue weighted by atomic mass is 32.2. The lowest BCUT2D eigenvalue weighted by atomic mass is 10.3. The van der Waals surface area contributed by atoms with E-state index in [1.54, 1.807) is 11.8 Å². The fourth-order valence-corrected chi connectivity index (χ4v) is 2.67.